The van der Waals surface area contributed by atoms with Crippen molar-refractivity contribution in [2.75, 3.05) is 0 Å². The van der Waals surface area contributed by atoms with Gasteiger partial charge in [0.05, 0.1) is 24.6 Å². The maximum absolute atomic E-state index is 9.36. The zero-order valence-electron chi connectivity index (χ0n) is 8.14. The van der Waals surface area contributed by atoms with Crippen LogP contribution in [-0.2, 0) is 6.42 Å². The second kappa shape index (κ2) is 4.75. The van der Waals surface area contributed by atoms with Crippen LogP contribution in [0.15, 0.2) is 24.3 Å². The van der Waals surface area contributed by atoms with Crippen LogP contribution in [0.2, 0.25) is 0 Å². The Balaban J connectivity index is 3.01. The summed E-state index contributed by atoms with van der Waals surface area (Å²) >= 11 is 0. The molecule has 0 aliphatic rings. The van der Waals surface area contributed by atoms with Gasteiger partial charge in [-0.25, -0.2) is 0 Å². The third kappa shape index (κ3) is 2.32. The standard InChI is InChI=1S/C11H14N2O/c1-8(14)11(13)10-5-3-2-4-9(10)6-7-12/h2-5,8,11,14H,6,13H2,1H3/t8-,11+/m0/s1. The minimum absolute atomic E-state index is 0.330. The maximum Gasteiger partial charge on any atom is 0.0704 e. The first-order valence-corrected chi connectivity index (χ1v) is 4.55. The second-order valence-electron chi connectivity index (χ2n) is 3.30. The van der Waals surface area contributed by atoms with Crippen molar-refractivity contribution in [2.24, 2.45) is 5.73 Å². The molecule has 2 atom stereocenters. The highest BCUT2D eigenvalue weighted by atomic mass is 16.3. The lowest BCUT2D eigenvalue weighted by Gasteiger charge is -2.17. The van der Waals surface area contributed by atoms with Crippen molar-refractivity contribution in [3.05, 3.63) is 35.4 Å². The minimum Gasteiger partial charge on any atom is -0.391 e. The molecular formula is C11H14N2O. The van der Waals surface area contributed by atoms with Gasteiger partial charge in [0, 0.05) is 0 Å². The fourth-order valence-corrected chi connectivity index (χ4v) is 1.37. The molecule has 1 aromatic carbocycles. The molecule has 3 nitrogen and oxygen atoms in total. The van der Waals surface area contributed by atoms with E-state index in [0.717, 1.165) is 11.1 Å². The highest BCUT2D eigenvalue weighted by molar-refractivity contribution is 5.32. The summed E-state index contributed by atoms with van der Waals surface area (Å²) in [4.78, 5) is 0. The first-order valence-electron chi connectivity index (χ1n) is 4.55. The smallest absolute Gasteiger partial charge is 0.0704 e. The third-order valence-corrected chi connectivity index (χ3v) is 2.20. The Bertz CT molecular complexity index is 341. The molecule has 0 aliphatic heterocycles. The van der Waals surface area contributed by atoms with Crippen LogP contribution in [0.5, 0.6) is 0 Å². The Morgan fingerprint density at radius 2 is 2.14 bits per heavy atom. The highest BCUT2D eigenvalue weighted by Crippen LogP contribution is 2.19. The van der Waals surface area contributed by atoms with Crippen molar-refractivity contribution < 1.29 is 5.11 Å². The van der Waals surface area contributed by atoms with E-state index < -0.39 is 12.1 Å². The molecule has 0 spiro atoms. The average Bonchev–Trinajstić information content (AvgIpc) is 2.18. The third-order valence-electron chi connectivity index (χ3n) is 2.20. The molecule has 0 unspecified atom stereocenters. The quantitative estimate of drug-likeness (QED) is 0.750. The average molecular weight is 190 g/mol. The number of nitriles is 1. The zero-order chi connectivity index (χ0) is 10.6. The number of rotatable bonds is 3. The number of benzene rings is 1. The molecule has 1 rings (SSSR count). The summed E-state index contributed by atoms with van der Waals surface area (Å²) in [5.74, 6) is 0. The topological polar surface area (TPSA) is 70.0 Å². The zero-order valence-corrected chi connectivity index (χ0v) is 8.14. The van der Waals surface area contributed by atoms with Crippen molar-refractivity contribution >= 4 is 0 Å². The van der Waals surface area contributed by atoms with Crippen LogP contribution in [-0.4, -0.2) is 11.2 Å². The Labute approximate surface area is 83.8 Å². The predicted octanol–water partition coefficient (Wildman–Crippen LogP) is 1.13. The van der Waals surface area contributed by atoms with Gasteiger partial charge >= 0.3 is 0 Å². The molecule has 0 saturated carbocycles. The molecule has 74 valence electrons. The molecule has 0 aliphatic carbocycles. The normalized spacial score (nSPS) is 14.4. The lowest BCUT2D eigenvalue weighted by atomic mass is 9.96. The van der Waals surface area contributed by atoms with Crippen molar-refractivity contribution in [3.8, 4) is 6.07 Å². The molecule has 3 N–H and O–H groups in total. The predicted molar refractivity (Wildman–Crippen MR) is 54.4 cm³/mol. The number of aliphatic hydroxyl groups excluding tert-OH is 1. The Morgan fingerprint density at radius 1 is 1.50 bits per heavy atom. The summed E-state index contributed by atoms with van der Waals surface area (Å²) in [5.41, 5.74) is 7.55. The summed E-state index contributed by atoms with van der Waals surface area (Å²) in [6.07, 6.45) is -0.272. The van der Waals surface area contributed by atoms with Gasteiger partial charge in [-0.3, -0.25) is 0 Å². The van der Waals surface area contributed by atoms with Gasteiger partial charge in [0.1, 0.15) is 0 Å². The van der Waals surface area contributed by atoms with Crippen LogP contribution in [0, 0.1) is 11.3 Å². The fraction of sp³-hybridized carbons (Fsp3) is 0.364. The van der Waals surface area contributed by atoms with Crippen LogP contribution in [0.3, 0.4) is 0 Å². The van der Waals surface area contributed by atoms with Crippen molar-refractivity contribution in [1.29, 1.82) is 5.26 Å². The molecule has 0 saturated heterocycles. The lowest BCUT2D eigenvalue weighted by molar-refractivity contribution is 0.164. The molecule has 0 radical (unpaired) electrons. The summed E-state index contributed by atoms with van der Waals surface area (Å²) < 4.78 is 0. The monoisotopic (exact) mass is 190 g/mol. The van der Waals surface area contributed by atoms with Gasteiger partial charge in [0.25, 0.3) is 0 Å². The fourth-order valence-electron chi connectivity index (χ4n) is 1.37. The van der Waals surface area contributed by atoms with E-state index in [4.69, 9.17) is 11.0 Å². The van der Waals surface area contributed by atoms with E-state index in [1.54, 1.807) is 6.92 Å². The number of hydrogen-bond acceptors (Lipinski definition) is 3. The molecule has 14 heavy (non-hydrogen) atoms. The summed E-state index contributed by atoms with van der Waals surface area (Å²) in [6.45, 7) is 1.65. The van der Waals surface area contributed by atoms with Crippen LogP contribution < -0.4 is 5.73 Å². The van der Waals surface area contributed by atoms with E-state index in [9.17, 15) is 5.11 Å². The summed E-state index contributed by atoms with van der Waals surface area (Å²) in [6, 6.07) is 9.10. The molecule has 1 aromatic rings. The number of nitrogens with zero attached hydrogens (tertiary/aromatic N) is 1. The highest BCUT2D eigenvalue weighted by Gasteiger charge is 2.14. The van der Waals surface area contributed by atoms with Gasteiger partial charge in [0.2, 0.25) is 0 Å². The largest absolute Gasteiger partial charge is 0.391 e. The molecule has 3 heteroatoms. The van der Waals surface area contributed by atoms with Crippen molar-refractivity contribution in [3.63, 3.8) is 0 Å². The van der Waals surface area contributed by atoms with Gasteiger partial charge in [-0.05, 0) is 18.1 Å². The van der Waals surface area contributed by atoms with E-state index in [1.165, 1.54) is 0 Å². The van der Waals surface area contributed by atoms with Crippen LogP contribution in [0.4, 0.5) is 0 Å². The Morgan fingerprint density at radius 3 is 2.71 bits per heavy atom. The van der Waals surface area contributed by atoms with E-state index in [0.29, 0.717) is 6.42 Å². The molecule has 0 heterocycles. The Kier molecular flexibility index (Phi) is 3.63. The van der Waals surface area contributed by atoms with Gasteiger partial charge in [-0.1, -0.05) is 24.3 Å². The minimum atomic E-state index is -0.602. The first-order chi connectivity index (χ1) is 6.66. The second-order valence-corrected chi connectivity index (χ2v) is 3.30. The molecule has 0 bridgehead atoms. The van der Waals surface area contributed by atoms with E-state index in [1.807, 2.05) is 24.3 Å². The first kappa shape index (κ1) is 10.7. The van der Waals surface area contributed by atoms with Gasteiger partial charge in [-0.15, -0.1) is 0 Å². The summed E-state index contributed by atoms with van der Waals surface area (Å²) in [5, 5.41) is 18.0. The van der Waals surface area contributed by atoms with Gasteiger partial charge < -0.3 is 10.8 Å². The summed E-state index contributed by atoms with van der Waals surface area (Å²) in [7, 11) is 0. The van der Waals surface area contributed by atoms with E-state index in [2.05, 4.69) is 6.07 Å². The van der Waals surface area contributed by atoms with E-state index in [-0.39, 0.29) is 0 Å². The molecule has 0 amide bonds. The van der Waals surface area contributed by atoms with Gasteiger partial charge in [0.15, 0.2) is 0 Å². The van der Waals surface area contributed by atoms with Crippen LogP contribution in [0.1, 0.15) is 24.1 Å². The molecular weight excluding hydrogens is 176 g/mol. The van der Waals surface area contributed by atoms with Crippen LogP contribution in [0.25, 0.3) is 0 Å². The van der Waals surface area contributed by atoms with Crippen LogP contribution >= 0.6 is 0 Å². The molecule has 0 aromatic heterocycles. The number of hydrogen-bond donors (Lipinski definition) is 2. The Hall–Kier alpha value is -1.37. The number of nitrogens with two attached hydrogens (primary N) is 1. The maximum atomic E-state index is 9.36. The number of aliphatic hydroxyl groups is 1. The van der Waals surface area contributed by atoms with E-state index >= 15 is 0 Å². The SMILES string of the molecule is C[C@H](O)[C@@H](N)c1ccccc1CC#N. The van der Waals surface area contributed by atoms with Crippen molar-refractivity contribution in [2.45, 2.75) is 25.5 Å². The van der Waals surface area contributed by atoms with Gasteiger partial charge in [-0.2, -0.15) is 5.26 Å². The molecule has 0 fully saturated rings. The lowest BCUT2D eigenvalue weighted by Crippen LogP contribution is -2.24. The van der Waals surface area contributed by atoms with Crippen molar-refractivity contribution in [1.82, 2.24) is 0 Å².